The highest BCUT2D eigenvalue weighted by atomic mass is 32.1. The molecule has 0 aliphatic carbocycles. The normalized spacial score (nSPS) is 18.9. The molecule has 0 bridgehead atoms. The molecule has 0 saturated heterocycles. The van der Waals surface area contributed by atoms with Crippen molar-refractivity contribution in [3.05, 3.63) is 144 Å². The Morgan fingerprint density at radius 3 is 2.46 bits per heavy atom. The summed E-state index contributed by atoms with van der Waals surface area (Å²) in [6.45, 7) is 0. The minimum Gasteiger partial charge on any atom is -0.316 e. The largest absolute Gasteiger partial charge is 0.316 e. The molecular formula is C37H23N3S. The maximum atomic E-state index is 5.22. The van der Waals surface area contributed by atoms with E-state index >= 15 is 0 Å². The second kappa shape index (κ2) is 7.84. The molecule has 3 nitrogen and oxygen atoms in total. The molecule has 5 aromatic carbocycles. The minimum atomic E-state index is 0.0603. The fourth-order valence-electron chi connectivity index (χ4n) is 7.38. The van der Waals surface area contributed by atoms with Gasteiger partial charge in [0, 0.05) is 42.2 Å². The minimum absolute atomic E-state index is 0.0603. The van der Waals surface area contributed by atoms with E-state index in [0.29, 0.717) is 0 Å². The number of amidine groups is 1. The predicted octanol–water partition coefficient (Wildman–Crippen LogP) is 9.57. The van der Waals surface area contributed by atoms with Gasteiger partial charge in [0.1, 0.15) is 11.9 Å². The van der Waals surface area contributed by atoms with E-state index in [2.05, 4.69) is 137 Å². The van der Waals surface area contributed by atoms with Crippen molar-refractivity contribution in [3.63, 3.8) is 0 Å². The molecule has 3 aliphatic heterocycles. The first-order valence-electron chi connectivity index (χ1n) is 14.1. The molecule has 2 unspecified atom stereocenters. The Morgan fingerprint density at radius 2 is 1.54 bits per heavy atom. The third-order valence-electron chi connectivity index (χ3n) is 9.06. The Balaban J connectivity index is 1.24. The lowest BCUT2D eigenvalue weighted by atomic mass is 9.93. The molecule has 41 heavy (non-hydrogen) atoms. The molecule has 7 aromatic rings. The van der Waals surface area contributed by atoms with Gasteiger partial charge in [-0.25, -0.2) is 0 Å². The summed E-state index contributed by atoms with van der Waals surface area (Å²) in [5, 5.41) is 5.33. The number of nitrogens with zero attached hydrogens (tertiary/aromatic N) is 3. The number of benzene rings is 5. The van der Waals surface area contributed by atoms with Crippen molar-refractivity contribution in [1.82, 2.24) is 9.47 Å². The number of rotatable bonds is 2. The van der Waals surface area contributed by atoms with Crippen molar-refractivity contribution in [2.45, 2.75) is 12.1 Å². The van der Waals surface area contributed by atoms with E-state index in [1.807, 2.05) is 11.3 Å². The van der Waals surface area contributed by atoms with E-state index in [4.69, 9.17) is 4.99 Å². The molecule has 3 aliphatic rings. The van der Waals surface area contributed by atoms with E-state index in [-0.39, 0.29) is 12.1 Å². The van der Waals surface area contributed by atoms with E-state index in [9.17, 15) is 0 Å². The molecule has 0 radical (unpaired) electrons. The third-order valence-corrected chi connectivity index (χ3v) is 10.3. The number of hydrogen-bond acceptors (Lipinski definition) is 3. The van der Waals surface area contributed by atoms with Gasteiger partial charge in [0.2, 0.25) is 0 Å². The van der Waals surface area contributed by atoms with Gasteiger partial charge in [-0.05, 0) is 53.6 Å². The summed E-state index contributed by atoms with van der Waals surface area (Å²) in [5.74, 6) is 1.06. The van der Waals surface area contributed by atoms with Crippen LogP contribution in [0.15, 0.2) is 132 Å². The molecule has 0 saturated carbocycles. The van der Waals surface area contributed by atoms with Crippen molar-refractivity contribution in [2.75, 3.05) is 0 Å². The van der Waals surface area contributed by atoms with Crippen LogP contribution in [0.1, 0.15) is 28.8 Å². The zero-order chi connectivity index (χ0) is 26.7. The molecule has 0 amide bonds. The molecule has 10 rings (SSSR count). The van der Waals surface area contributed by atoms with E-state index < -0.39 is 0 Å². The van der Waals surface area contributed by atoms with Crippen LogP contribution in [-0.4, -0.2) is 15.3 Å². The van der Waals surface area contributed by atoms with E-state index in [0.717, 1.165) is 5.84 Å². The fraction of sp³-hybridized carbons (Fsp3) is 0.0541. The number of thiophene rings is 1. The number of hydrogen-bond donors (Lipinski definition) is 0. The molecule has 0 spiro atoms. The Morgan fingerprint density at radius 1 is 0.707 bits per heavy atom. The van der Waals surface area contributed by atoms with Gasteiger partial charge >= 0.3 is 0 Å². The number of para-hydroxylation sites is 1. The molecule has 0 fully saturated rings. The van der Waals surface area contributed by atoms with Crippen molar-refractivity contribution in [2.24, 2.45) is 4.99 Å². The summed E-state index contributed by atoms with van der Waals surface area (Å²) in [7, 11) is 0. The van der Waals surface area contributed by atoms with Crippen molar-refractivity contribution in [3.8, 4) is 5.69 Å². The van der Waals surface area contributed by atoms with Gasteiger partial charge in [0.05, 0.1) is 22.8 Å². The van der Waals surface area contributed by atoms with Crippen LogP contribution >= 0.6 is 11.3 Å². The van der Waals surface area contributed by atoms with E-state index in [1.54, 1.807) is 0 Å². The highest BCUT2D eigenvalue weighted by Gasteiger charge is 2.46. The fourth-order valence-corrected chi connectivity index (χ4v) is 8.64. The van der Waals surface area contributed by atoms with Gasteiger partial charge in [-0.1, -0.05) is 84.9 Å². The lowest BCUT2D eigenvalue weighted by molar-refractivity contribution is 0.433. The van der Waals surface area contributed by atoms with Crippen LogP contribution in [0.2, 0.25) is 0 Å². The summed E-state index contributed by atoms with van der Waals surface area (Å²) in [6.07, 6.45) is 6.53. The van der Waals surface area contributed by atoms with Crippen LogP contribution in [0.3, 0.4) is 0 Å². The third kappa shape index (κ3) is 2.80. The molecule has 4 heteroatoms. The Bertz CT molecular complexity index is 2330. The van der Waals surface area contributed by atoms with Crippen molar-refractivity contribution in [1.29, 1.82) is 0 Å². The summed E-state index contributed by atoms with van der Waals surface area (Å²) in [4.78, 5) is 7.66. The molecule has 192 valence electrons. The monoisotopic (exact) mass is 541 g/mol. The van der Waals surface area contributed by atoms with Gasteiger partial charge < -0.3 is 9.47 Å². The summed E-state index contributed by atoms with van der Waals surface area (Å²) in [5.41, 5.74) is 8.86. The number of aromatic nitrogens is 1. The number of allylic oxidation sites excluding steroid dienone is 2. The van der Waals surface area contributed by atoms with Crippen LogP contribution in [0.25, 0.3) is 53.4 Å². The Kier molecular flexibility index (Phi) is 4.17. The zero-order valence-corrected chi connectivity index (χ0v) is 22.8. The summed E-state index contributed by atoms with van der Waals surface area (Å²) >= 11 is 1.91. The summed E-state index contributed by atoms with van der Waals surface area (Å²) < 4.78 is 5.17. The Labute approximate surface area is 240 Å². The van der Waals surface area contributed by atoms with Crippen LogP contribution in [-0.2, 0) is 0 Å². The van der Waals surface area contributed by atoms with Crippen molar-refractivity contribution < 1.29 is 0 Å². The average Bonchev–Trinajstić information content (AvgIpc) is 3.77. The van der Waals surface area contributed by atoms with Gasteiger partial charge in [-0.15, -0.1) is 11.3 Å². The van der Waals surface area contributed by atoms with Gasteiger partial charge in [-0.2, -0.15) is 0 Å². The zero-order valence-electron chi connectivity index (χ0n) is 22.0. The molecule has 5 heterocycles. The second-order valence-corrected chi connectivity index (χ2v) is 12.2. The van der Waals surface area contributed by atoms with Crippen molar-refractivity contribution >= 4 is 64.8 Å². The summed E-state index contributed by atoms with van der Waals surface area (Å²) in [6, 6.07) is 40.3. The van der Waals surface area contributed by atoms with Crippen LogP contribution in [0.4, 0.5) is 0 Å². The first-order chi connectivity index (χ1) is 20.3. The molecule has 0 N–H and O–H groups in total. The molecular weight excluding hydrogens is 518 g/mol. The smallest absolute Gasteiger partial charge is 0.129 e. The lowest BCUT2D eigenvalue weighted by Gasteiger charge is -2.25. The van der Waals surface area contributed by atoms with Crippen LogP contribution in [0, 0.1) is 0 Å². The van der Waals surface area contributed by atoms with Crippen LogP contribution < -0.4 is 0 Å². The Hall–Kier alpha value is -4.93. The molecule has 2 atom stereocenters. The van der Waals surface area contributed by atoms with Gasteiger partial charge in [0.25, 0.3) is 0 Å². The predicted molar refractivity (Wildman–Crippen MR) is 172 cm³/mol. The topological polar surface area (TPSA) is 20.5 Å². The first-order valence-corrected chi connectivity index (χ1v) is 15.0. The average molecular weight is 542 g/mol. The SMILES string of the molecule is C1=CC2=NC(c3ccccc3)C3c4cc(-n5c6ccccc6c6c7sc8ccccc8c7ccc65)ccc4C(=C1)N23. The van der Waals surface area contributed by atoms with Gasteiger partial charge in [-0.3, -0.25) is 4.99 Å². The molecule has 2 aromatic heterocycles. The van der Waals surface area contributed by atoms with Gasteiger partial charge in [0.15, 0.2) is 0 Å². The number of aliphatic imine (C=N–C) groups is 1. The number of fused-ring (bicyclic) bond motifs is 10. The highest BCUT2D eigenvalue weighted by Crippen LogP contribution is 2.54. The lowest BCUT2D eigenvalue weighted by Crippen LogP contribution is -2.24. The van der Waals surface area contributed by atoms with E-state index in [1.165, 1.54) is 70.1 Å². The standard InChI is InChI=1S/C37H23N3S/c1-2-9-22(10-3-1)35-36-28-21-23(17-18-24(28)29-14-8-16-33(38-35)40(29)36)39-30-13-6-4-12-27(30)34-31(39)20-19-26-25-11-5-7-15-32(25)41-37(26)34/h1-21,35-36H. The quantitative estimate of drug-likeness (QED) is 0.213. The highest BCUT2D eigenvalue weighted by molar-refractivity contribution is 7.26. The van der Waals surface area contributed by atoms with Crippen LogP contribution in [0.5, 0.6) is 0 Å². The maximum absolute atomic E-state index is 5.22. The maximum Gasteiger partial charge on any atom is 0.129 e. The first kappa shape index (κ1) is 21.8. The second-order valence-electron chi connectivity index (χ2n) is 11.1.